The Bertz CT molecular complexity index is 1100. The second-order valence-electron chi connectivity index (χ2n) is 9.42. The molecule has 3 amide bonds. The quantitative estimate of drug-likeness (QED) is 0.273. The molecular weight excluding hydrogens is 488 g/mol. The van der Waals surface area contributed by atoms with Crippen LogP contribution in [0.3, 0.4) is 0 Å². The molecule has 0 saturated carbocycles. The van der Waals surface area contributed by atoms with Gasteiger partial charge in [-0.05, 0) is 49.4 Å². The molecule has 0 bridgehead atoms. The van der Waals surface area contributed by atoms with Crippen molar-refractivity contribution in [3.8, 4) is 0 Å². The first-order valence-electron chi connectivity index (χ1n) is 12.9. The number of benzene rings is 1. The largest absolute Gasteiger partial charge is 0.467 e. The number of carbonyl (C=O) groups is 5. The minimum atomic E-state index is -0.909. The lowest BCUT2D eigenvalue weighted by atomic mass is 9.89. The van der Waals surface area contributed by atoms with Crippen molar-refractivity contribution >= 4 is 35.6 Å². The summed E-state index contributed by atoms with van der Waals surface area (Å²) in [6.07, 6.45) is 8.68. The SMILES string of the molecule is CNCC(=O)NCC(=O)NC(Cc1ccc(C2=C(CC(=O)N3CCC[C@H]3C=O)CCC=C2)cc1)C(=O)OC. The summed E-state index contributed by atoms with van der Waals surface area (Å²) in [4.78, 5) is 62.1. The van der Waals surface area contributed by atoms with Crippen molar-refractivity contribution in [2.24, 2.45) is 0 Å². The third kappa shape index (κ3) is 7.85. The molecule has 204 valence electrons. The smallest absolute Gasteiger partial charge is 0.328 e. The van der Waals surface area contributed by atoms with Gasteiger partial charge in [0, 0.05) is 19.4 Å². The third-order valence-electron chi connectivity index (χ3n) is 6.73. The average Bonchev–Trinajstić information content (AvgIpc) is 3.41. The number of likely N-dealkylation sites (tertiary alicyclic amines) is 1. The highest BCUT2D eigenvalue weighted by molar-refractivity contribution is 5.89. The van der Waals surface area contributed by atoms with E-state index < -0.39 is 17.9 Å². The van der Waals surface area contributed by atoms with Gasteiger partial charge in [0.1, 0.15) is 12.3 Å². The Morgan fingerprint density at radius 2 is 1.89 bits per heavy atom. The number of carbonyl (C=O) groups excluding carboxylic acids is 5. The van der Waals surface area contributed by atoms with E-state index in [9.17, 15) is 24.0 Å². The van der Waals surface area contributed by atoms with Gasteiger partial charge in [-0.25, -0.2) is 4.79 Å². The lowest BCUT2D eigenvalue weighted by molar-refractivity contribution is -0.145. The number of esters is 1. The minimum Gasteiger partial charge on any atom is -0.467 e. The Hall–Kier alpha value is -3.79. The minimum absolute atomic E-state index is 0.0159. The van der Waals surface area contributed by atoms with Gasteiger partial charge in [-0.1, -0.05) is 42.0 Å². The maximum atomic E-state index is 12.9. The third-order valence-corrected chi connectivity index (χ3v) is 6.73. The first kappa shape index (κ1) is 28.8. The molecular formula is C28H36N4O6. The number of hydrogen-bond acceptors (Lipinski definition) is 7. The molecule has 10 heteroatoms. The zero-order chi connectivity index (χ0) is 27.5. The van der Waals surface area contributed by atoms with Gasteiger partial charge < -0.3 is 30.4 Å². The molecule has 0 aromatic heterocycles. The molecule has 3 rings (SSSR count). The van der Waals surface area contributed by atoms with Crippen molar-refractivity contribution in [2.75, 3.05) is 33.8 Å². The molecule has 0 radical (unpaired) electrons. The standard InChI is InChI=1S/C28H36N4O6/c1-29-16-25(34)30-17-26(35)31-24(28(37)38-2)14-19-9-11-20(12-10-19)23-8-4-3-6-21(23)15-27(36)32-13-5-7-22(32)18-33/h4,8-12,18,22,24,29H,3,5-7,13-17H2,1-2H3,(H,30,34)(H,31,35)/t22-,24?/m0/s1. The second-order valence-corrected chi connectivity index (χ2v) is 9.42. The number of allylic oxidation sites excluding steroid dienone is 3. The van der Waals surface area contributed by atoms with Crippen LogP contribution in [0, 0.1) is 0 Å². The molecule has 2 aliphatic rings. The maximum Gasteiger partial charge on any atom is 0.328 e. The van der Waals surface area contributed by atoms with E-state index >= 15 is 0 Å². The summed E-state index contributed by atoms with van der Waals surface area (Å²) in [5.41, 5.74) is 3.80. The van der Waals surface area contributed by atoms with Gasteiger partial charge in [-0.15, -0.1) is 0 Å². The predicted molar refractivity (Wildman–Crippen MR) is 142 cm³/mol. The summed E-state index contributed by atoms with van der Waals surface area (Å²) >= 11 is 0. The molecule has 1 heterocycles. The summed E-state index contributed by atoms with van der Waals surface area (Å²) in [6.45, 7) is 0.453. The number of nitrogens with one attached hydrogen (secondary N) is 3. The van der Waals surface area contributed by atoms with Crippen molar-refractivity contribution in [2.45, 2.75) is 50.6 Å². The molecule has 38 heavy (non-hydrogen) atoms. The van der Waals surface area contributed by atoms with Crippen LogP contribution in [0.5, 0.6) is 0 Å². The van der Waals surface area contributed by atoms with Crippen molar-refractivity contribution in [3.05, 3.63) is 53.1 Å². The van der Waals surface area contributed by atoms with Crippen LogP contribution in [0.1, 0.15) is 43.2 Å². The summed E-state index contributed by atoms with van der Waals surface area (Å²) in [5.74, 6) is -1.43. The summed E-state index contributed by atoms with van der Waals surface area (Å²) in [6, 6.07) is 6.39. The van der Waals surface area contributed by atoms with Crippen LogP contribution in [-0.2, 0) is 35.1 Å². The van der Waals surface area contributed by atoms with Gasteiger partial charge in [0.05, 0.1) is 26.2 Å². The monoisotopic (exact) mass is 524 g/mol. The van der Waals surface area contributed by atoms with Crippen molar-refractivity contribution in [3.63, 3.8) is 0 Å². The first-order valence-corrected chi connectivity index (χ1v) is 12.9. The molecule has 0 spiro atoms. The highest BCUT2D eigenvalue weighted by atomic mass is 16.5. The molecule has 1 aromatic rings. The number of likely N-dealkylation sites (N-methyl/N-ethyl adjacent to an activating group) is 1. The average molecular weight is 525 g/mol. The molecule has 10 nitrogen and oxygen atoms in total. The Morgan fingerprint density at radius 1 is 1.13 bits per heavy atom. The number of rotatable bonds is 12. The number of hydrogen-bond donors (Lipinski definition) is 3. The van der Waals surface area contributed by atoms with E-state index in [1.165, 1.54) is 7.11 Å². The van der Waals surface area contributed by atoms with Crippen molar-refractivity contribution in [1.29, 1.82) is 0 Å². The van der Waals surface area contributed by atoms with E-state index in [0.29, 0.717) is 6.54 Å². The van der Waals surface area contributed by atoms with E-state index in [1.54, 1.807) is 11.9 Å². The van der Waals surface area contributed by atoms with Crippen LogP contribution >= 0.6 is 0 Å². The van der Waals surface area contributed by atoms with Gasteiger partial charge in [0.25, 0.3) is 0 Å². The highest BCUT2D eigenvalue weighted by Gasteiger charge is 2.29. The molecule has 1 aliphatic carbocycles. The van der Waals surface area contributed by atoms with Crippen LogP contribution in [0.2, 0.25) is 0 Å². The fraction of sp³-hybridized carbons (Fsp3) is 0.464. The fourth-order valence-corrected chi connectivity index (χ4v) is 4.76. The topological polar surface area (TPSA) is 134 Å². The zero-order valence-electron chi connectivity index (χ0n) is 22.0. The first-order chi connectivity index (χ1) is 18.4. The van der Waals surface area contributed by atoms with E-state index in [2.05, 4.69) is 22.0 Å². The number of amides is 3. The lowest BCUT2D eigenvalue weighted by Gasteiger charge is -2.23. The highest BCUT2D eigenvalue weighted by Crippen LogP contribution is 2.31. The molecule has 1 aromatic carbocycles. The Kier molecular flexibility index (Phi) is 10.8. The van der Waals surface area contributed by atoms with Crippen LogP contribution < -0.4 is 16.0 Å². The van der Waals surface area contributed by atoms with Gasteiger partial charge in [0.2, 0.25) is 17.7 Å². The van der Waals surface area contributed by atoms with Crippen LogP contribution in [0.25, 0.3) is 5.57 Å². The van der Waals surface area contributed by atoms with Gasteiger partial charge >= 0.3 is 5.97 Å². The molecule has 1 saturated heterocycles. The second kappa shape index (κ2) is 14.2. The van der Waals surface area contributed by atoms with E-state index in [0.717, 1.165) is 54.2 Å². The molecule has 1 fully saturated rings. The molecule has 1 aliphatic heterocycles. The summed E-state index contributed by atoms with van der Waals surface area (Å²) in [7, 11) is 2.88. The lowest BCUT2D eigenvalue weighted by Crippen LogP contribution is -2.47. The number of ether oxygens (including phenoxy) is 1. The van der Waals surface area contributed by atoms with E-state index in [1.807, 2.05) is 30.3 Å². The number of methoxy groups -OCH3 is 1. The fourth-order valence-electron chi connectivity index (χ4n) is 4.76. The Morgan fingerprint density at radius 3 is 2.58 bits per heavy atom. The zero-order valence-corrected chi connectivity index (χ0v) is 22.0. The van der Waals surface area contributed by atoms with E-state index in [-0.39, 0.29) is 43.8 Å². The van der Waals surface area contributed by atoms with Gasteiger partial charge in [-0.3, -0.25) is 14.4 Å². The number of nitrogens with zero attached hydrogens (tertiary/aromatic N) is 1. The summed E-state index contributed by atoms with van der Waals surface area (Å²) in [5, 5.41) is 7.78. The molecule has 3 N–H and O–H groups in total. The maximum absolute atomic E-state index is 12.9. The van der Waals surface area contributed by atoms with Gasteiger partial charge in [0.15, 0.2) is 0 Å². The Labute approximate surface area is 222 Å². The van der Waals surface area contributed by atoms with Gasteiger partial charge in [-0.2, -0.15) is 0 Å². The molecule has 2 atom stereocenters. The summed E-state index contributed by atoms with van der Waals surface area (Å²) < 4.78 is 4.85. The van der Waals surface area contributed by atoms with Crippen LogP contribution in [-0.4, -0.2) is 80.8 Å². The van der Waals surface area contributed by atoms with E-state index in [4.69, 9.17) is 4.74 Å². The van der Waals surface area contributed by atoms with Crippen LogP contribution in [0.15, 0.2) is 42.0 Å². The predicted octanol–water partition coefficient (Wildman–Crippen LogP) is 0.906. The Balaban J connectivity index is 1.68. The van der Waals surface area contributed by atoms with Crippen LogP contribution in [0.4, 0.5) is 0 Å². The van der Waals surface area contributed by atoms with Crippen molar-refractivity contribution in [1.82, 2.24) is 20.9 Å². The normalized spacial score (nSPS) is 17.6. The number of aldehydes is 1. The molecule has 1 unspecified atom stereocenters. The van der Waals surface area contributed by atoms with Crippen molar-refractivity contribution < 1.29 is 28.7 Å².